The number of anilines is 2. The third-order valence-corrected chi connectivity index (χ3v) is 3.42. The van der Waals surface area contributed by atoms with Gasteiger partial charge in [0.2, 0.25) is 15.9 Å². The van der Waals surface area contributed by atoms with Gasteiger partial charge in [-0.2, -0.15) is 0 Å². The maximum absolute atomic E-state index is 12.0. The Morgan fingerprint density at radius 2 is 2.14 bits per heavy atom. The highest BCUT2D eigenvalue weighted by molar-refractivity contribution is 7.92. The molecule has 0 aliphatic heterocycles. The Hall–Kier alpha value is -2.13. The summed E-state index contributed by atoms with van der Waals surface area (Å²) in [4.78, 5) is 12.0. The lowest BCUT2D eigenvalue weighted by atomic mass is 10.2. The van der Waals surface area contributed by atoms with Crippen LogP contribution in [-0.2, 0) is 21.4 Å². The monoisotopic (exact) mass is 343 g/mol. The number of carbonyl (C=O) groups is 1. The molecule has 0 bridgehead atoms. The van der Waals surface area contributed by atoms with E-state index >= 15 is 0 Å². The van der Waals surface area contributed by atoms with E-state index in [0.717, 1.165) is 11.8 Å². The number of halogens is 1. The van der Waals surface area contributed by atoms with Crippen molar-refractivity contribution in [2.75, 3.05) is 16.3 Å². The third-order valence-electron chi connectivity index (χ3n) is 2.61. The van der Waals surface area contributed by atoms with E-state index in [9.17, 15) is 13.2 Å². The number of hydrogen-bond acceptors (Lipinski definition) is 5. The summed E-state index contributed by atoms with van der Waals surface area (Å²) in [7, 11) is -3.43. The molecule has 0 unspecified atom stereocenters. The van der Waals surface area contributed by atoms with Crippen molar-refractivity contribution in [3.05, 3.63) is 35.0 Å². The number of hydrogen-bond donors (Lipinski definition) is 2. The van der Waals surface area contributed by atoms with Crippen LogP contribution in [0.5, 0.6) is 0 Å². The number of rotatable bonds is 5. The van der Waals surface area contributed by atoms with Crippen molar-refractivity contribution in [1.29, 1.82) is 0 Å². The second-order valence-electron chi connectivity index (χ2n) is 4.68. The predicted octanol–water partition coefficient (Wildman–Crippen LogP) is 1.25. The smallest absolute Gasteiger partial charge is 0.246 e. The normalized spacial score (nSPS) is 11.2. The van der Waals surface area contributed by atoms with Crippen LogP contribution < -0.4 is 10.0 Å². The summed E-state index contributed by atoms with van der Waals surface area (Å²) >= 11 is 5.88. The van der Waals surface area contributed by atoms with Gasteiger partial charge in [0.05, 0.1) is 12.5 Å². The molecular formula is C12H14ClN5O3S. The van der Waals surface area contributed by atoms with Crippen LogP contribution in [0.4, 0.5) is 11.5 Å². The van der Waals surface area contributed by atoms with Gasteiger partial charge in [-0.1, -0.05) is 22.9 Å². The number of amides is 1. The van der Waals surface area contributed by atoms with Gasteiger partial charge in [0.25, 0.3) is 0 Å². The first kappa shape index (κ1) is 16.2. The summed E-state index contributed by atoms with van der Waals surface area (Å²) in [5.74, 6) is -0.282. The Balaban J connectivity index is 2.02. The van der Waals surface area contributed by atoms with Crippen LogP contribution >= 0.6 is 11.6 Å². The molecule has 0 saturated carbocycles. The summed E-state index contributed by atoms with van der Waals surface area (Å²) in [6.07, 6.45) is 2.33. The highest BCUT2D eigenvalue weighted by atomic mass is 35.5. The fourth-order valence-electron chi connectivity index (χ4n) is 1.68. The molecule has 2 rings (SSSR count). The van der Waals surface area contributed by atoms with Gasteiger partial charge in [0.1, 0.15) is 6.54 Å². The van der Waals surface area contributed by atoms with Crippen molar-refractivity contribution in [2.45, 2.75) is 13.5 Å². The van der Waals surface area contributed by atoms with Gasteiger partial charge < -0.3 is 5.32 Å². The number of nitrogens with zero attached hydrogens (tertiary/aromatic N) is 3. The first-order valence-corrected chi connectivity index (χ1v) is 8.44. The van der Waals surface area contributed by atoms with Gasteiger partial charge in [-0.15, -0.1) is 5.10 Å². The summed E-state index contributed by atoms with van der Waals surface area (Å²) in [5, 5.41) is 10.5. The number of benzene rings is 1. The van der Waals surface area contributed by atoms with E-state index in [1.807, 2.05) is 6.92 Å². The van der Waals surface area contributed by atoms with Crippen molar-refractivity contribution in [3.8, 4) is 0 Å². The number of nitrogens with one attached hydrogen (secondary N) is 2. The SMILES string of the molecule is Cc1ccc(Cl)cc1NC(=O)Cn1cc(NS(C)(=O)=O)nn1. The van der Waals surface area contributed by atoms with E-state index in [1.54, 1.807) is 18.2 Å². The average molecular weight is 344 g/mol. The zero-order valence-corrected chi connectivity index (χ0v) is 13.4. The first-order chi connectivity index (χ1) is 10.2. The zero-order chi connectivity index (χ0) is 16.3. The fourth-order valence-corrected chi connectivity index (χ4v) is 2.32. The first-order valence-electron chi connectivity index (χ1n) is 6.17. The molecule has 0 spiro atoms. The number of sulfonamides is 1. The lowest BCUT2D eigenvalue weighted by Gasteiger charge is -2.08. The van der Waals surface area contributed by atoms with Crippen molar-refractivity contribution in [2.24, 2.45) is 0 Å². The van der Waals surface area contributed by atoms with Crippen molar-refractivity contribution < 1.29 is 13.2 Å². The molecule has 118 valence electrons. The minimum atomic E-state index is -3.43. The molecule has 2 aromatic rings. The quantitative estimate of drug-likeness (QED) is 0.849. The van der Waals surface area contributed by atoms with E-state index in [2.05, 4.69) is 20.4 Å². The highest BCUT2D eigenvalue weighted by Gasteiger charge is 2.10. The van der Waals surface area contributed by atoms with Crippen LogP contribution in [0, 0.1) is 6.92 Å². The second-order valence-corrected chi connectivity index (χ2v) is 6.87. The molecular weight excluding hydrogens is 330 g/mol. The number of aromatic nitrogens is 3. The molecule has 1 aromatic heterocycles. The standard InChI is InChI=1S/C12H14ClN5O3S/c1-8-3-4-9(13)5-10(8)14-12(19)7-18-6-11(15-17-18)16-22(2,20)21/h3-6,16H,7H2,1-2H3,(H,14,19). The Bertz CT molecular complexity index is 803. The molecule has 0 saturated heterocycles. The largest absolute Gasteiger partial charge is 0.324 e. The zero-order valence-electron chi connectivity index (χ0n) is 11.9. The van der Waals surface area contributed by atoms with Crippen LogP contribution in [0.3, 0.4) is 0 Å². The van der Waals surface area contributed by atoms with Crippen LogP contribution in [0.25, 0.3) is 0 Å². The van der Waals surface area contributed by atoms with Crippen molar-refractivity contribution in [3.63, 3.8) is 0 Å². The Morgan fingerprint density at radius 3 is 2.82 bits per heavy atom. The van der Waals surface area contributed by atoms with Gasteiger partial charge in [-0.25, -0.2) is 13.1 Å². The Kier molecular flexibility index (Phi) is 4.67. The third kappa shape index (κ3) is 4.71. The molecule has 0 atom stereocenters. The molecule has 0 aliphatic carbocycles. The van der Waals surface area contributed by atoms with Crippen LogP contribution in [0.1, 0.15) is 5.56 Å². The molecule has 1 aromatic carbocycles. The lowest BCUT2D eigenvalue weighted by molar-refractivity contribution is -0.116. The van der Waals surface area contributed by atoms with E-state index in [4.69, 9.17) is 11.6 Å². The second kappa shape index (κ2) is 6.32. The molecule has 2 N–H and O–H groups in total. The van der Waals surface area contributed by atoms with Gasteiger partial charge in [-0.3, -0.25) is 9.52 Å². The van der Waals surface area contributed by atoms with Crippen LogP contribution in [-0.4, -0.2) is 35.6 Å². The minimum Gasteiger partial charge on any atom is -0.324 e. The Labute approximate surface area is 132 Å². The summed E-state index contributed by atoms with van der Waals surface area (Å²) < 4.78 is 25.5. The maximum Gasteiger partial charge on any atom is 0.246 e. The minimum absolute atomic E-state index is 0.0502. The lowest BCUT2D eigenvalue weighted by Crippen LogP contribution is -2.19. The molecule has 22 heavy (non-hydrogen) atoms. The molecule has 0 fully saturated rings. The molecule has 0 aliphatic rings. The summed E-state index contributed by atoms with van der Waals surface area (Å²) in [6.45, 7) is 1.74. The van der Waals surface area contributed by atoms with E-state index in [0.29, 0.717) is 10.7 Å². The highest BCUT2D eigenvalue weighted by Crippen LogP contribution is 2.20. The predicted molar refractivity (Wildman–Crippen MR) is 83.3 cm³/mol. The molecule has 1 heterocycles. The maximum atomic E-state index is 12.0. The van der Waals surface area contributed by atoms with Gasteiger partial charge in [0, 0.05) is 10.7 Å². The molecule has 1 amide bonds. The summed E-state index contributed by atoms with van der Waals surface area (Å²) in [6, 6.07) is 5.17. The van der Waals surface area contributed by atoms with Gasteiger partial charge >= 0.3 is 0 Å². The topological polar surface area (TPSA) is 106 Å². The van der Waals surface area contributed by atoms with Crippen molar-refractivity contribution in [1.82, 2.24) is 15.0 Å². The van der Waals surface area contributed by atoms with Gasteiger partial charge in [0.15, 0.2) is 5.82 Å². The molecule has 8 nitrogen and oxygen atoms in total. The molecule has 10 heteroatoms. The van der Waals surface area contributed by atoms with E-state index in [-0.39, 0.29) is 18.3 Å². The average Bonchev–Trinajstić information content (AvgIpc) is 2.78. The Morgan fingerprint density at radius 1 is 1.41 bits per heavy atom. The van der Waals surface area contributed by atoms with Crippen molar-refractivity contribution >= 4 is 39.0 Å². The number of carbonyl (C=O) groups excluding carboxylic acids is 1. The van der Waals surface area contributed by atoms with E-state index in [1.165, 1.54) is 10.9 Å². The van der Waals surface area contributed by atoms with E-state index < -0.39 is 10.0 Å². The summed E-state index contributed by atoms with van der Waals surface area (Å²) in [5.41, 5.74) is 1.47. The molecule has 0 radical (unpaired) electrons. The van der Waals surface area contributed by atoms with Crippen LogP contribution in [0.15, 0.2) is 24.4 Å². The van der Waals surface area contributed by atoms with Gasteiger partial charge in [-0.05, 0) is 24.6 Å². The fraction of sp³-hybridized carbons (Fsp3) is 0.250. The van der Waals surface area contributed by atoms with Crippen LogP contribution in [0.2, 0.25) is 5.02 Å². The number of aryl methyl sites for hydroxylation is 1.